The van der Waals surface area contributed by atoms with Crippen molar-refractivity contribution in [3.05, 3.63) is 29.8 Å². The third kappa shape index (κ3) is 2.90. The topological polar surface area (TPSA) is 68.6 Å². The fraction of sp³-hybridized carbons (Fsp3) is 0.500. The standard InChI is InChI=1S/C16H18FNO4/c1-3-22-14(19)15(10-18)9-16(15,17)11-21-8-12-4-6-13(20-2)7-5-12/h4-7H,3,8-9,11H2,1-2H3. The summed E-state index contributed by atoms with van der Waals surface area (Å²) in [4.78, 5) is 11.7. The van der Waals surface area contributed by atoms with Crippen molar-refractivity contribution < 1.29 is 23.4 Å². The zero-order valence-electron chi connectivity index (χ0n) is 12.6. The van der Waals surface area contributed by atoms with Crippen LogP contribution in [0, 0.1) is 16.7 Å². The van der Waals surface area contributed by atoms with E-state index >= 15 is 0 Å². The van der Waals surface area contributed by atoms with Crippen LogP contribution in [0.4, 0.5) is 4.39 Å². The van der Waals surface area contributed by atoms with Crippen molar-refractivity contribution in [2.75, 3.05) is 20.3 Å². The monoisotopic (exact) mass is 307 g/mol. The van der Waals surface area contributed by atoms with Gasteiger partial charge in [-0.15, -0.1) is 0 Å². The lowest BCUT2D eigenvalue weighted by atomic mass is 10.1. The van der Waals surface area contributed by atoms with Crippen molar-refractivity contribution in [3.63, 3.8) is 0 Å². The Morgan fingerprint density at radius 3 is 2.64 bits per heavy atom. The van der Waals surface area contributed by atoms with Gasteiger partial charge >= 0.3 is 5.97 Å². The van der Waals surface area contributed by atoms with Crippen molar-refractivity contribution in [3.8, 4) is 11.8 Å². The minimum absolute atomic E-state index is 0.116. The summed E-state index contributed by atoms with van der Waals surface area (Å²) >= 11 is 0. The second-order valence-electron chi connectivity index (χ2n) is 5.22. The van der Waals surface area contributed by atoms with Crippen LogP contribution in [0.1, 0.15) is 18.9 Å². The van der Waals surface area contributed by atoms with E-state index in [-0.39, 0.29) is 26.2 Å². The minimum Gasteiger partial charge on any atom is -0.497 e. The maximum absolute atomic E-state index is 14.5. The summed E-state index contributed by atoms with van der Waals surface area (Å²) in [6.45, 7) is 1.61. The van der Waals surface area contributed by atoms with Gasteiger partial charge in [-0.25, -0.2) is 4.39 Å². The smallest absolute Gasteiger partial charge is 0.330 e. The van der Waals surface area contributed by atoms with Crippen LogP contribution < -0.4 is 4.74 Å². The molecule has 0 spiro atoms. The van der Waals surface area contributed by atoms with Crippen LogP contribution in [0.2, 0.25) is 0 Å². The van der Waals surface area contributed by atoms with E-state index in [0.717, 1.165) is 11.3 Å². The zero-order chi connectivity index (χ0) is 16.2. The fourth-order valence-corrected chi connectivity index (χ4v) is 2.30. The van der Waals surface area contributed by atoms with Crippen molar-refractivity contribution in [2.45, 2.75) is 25.6 Å². The van der Waals surface area contributed by atoms with Crippen LogP contribution in [0.25, 0.3) is 0 Å². The molecule has 1 aromatic rings. The number of hydrogen-bond acceptors (Lipinski definition) is 5. The minimum atomic E-state index is -1.97. The number of benzene rings is 1. The molecular weight excluding hydrogens is 289 g/mol. The summed E-state index contributed by atoms with van der Waals surface area (Å²) in [6.07, 6.45) is -0.183. The Hall–Kier alpha value is -2.13. The number of rotatable bonds is 7. The quantitative estimate of drug-likeness (QED) is 0.724. The number of ether oxygens (including phenoxy) is 3. The largest absolute Gasteiger partial charge is 0.497 e. The molecule has 1 fully saturated rings. The Morgan fingerprint density at radius 2 is 2.09 bits per heavy atom. The highest BCUT2D eigenvalue weighted by atomic mass is 19.1. The third-order valence-corrected chi connectivity index (χ3v) is 3.76. The molecule has 6 heteroatoms. The number of methoxy groups -OCH3 is 1. The molecule has 22 heavy (non-hydrogen) atoms. The number of esters is 1. The van der Waals surface area contributed by atoms with Crippen molar-refractivity contribution >= 4 is 5.97 Å². The van der Waals surface area contributed by atoms with Gasteiger partial charge in [0.2, 0.25) is 0 Å². The summed E-state index contributed by atoms with van der Waals surface area (Å²) in [5.74, 6) is -0.0910. The Morgan fingerprint density at radius 1 is 1.41 bits per heavy atom. The molecule has 2 atom stereocenters. The second-order valence-corrected chi connectivity index (χ2v) is 5.22. The Kier molecular flexibility index (Phi) is 4.67. The maximum atomic E-state index is 14.5. The lowest BCUT2D eigenvalue weighted by Gasteiger charge is -2.13. The molecular formula is C16H18FNO4. The van der Waals surface area contributed by atoms with E-state index in [0.29, 0.717) is 0 Å². The average molecular weight is 307 g/mol. The van der Waals surface area contributed by atoms with E-state index in [9.17, 15) is 9.18 Å². The Labute approximate surface area is 128 Å². The molecule has 1 saturated carbocycles. The zero-order valence-corrected chi connectivity index (χ0v) is 12.6. The van der Waals surface area contributed by atoms with Gasteiger partial charge in [-0.1, -0.05) is 12.1 Å². The van der Waals surface area contributed by atoms with Gasteiger partial charge in [0.05, 0.1) is 33.0 Å². The molecule has 0 radical (unpaired) electrons. The summed E-state index contributed by atoms with van der Waals surface area (Å²) in [5, 5.41) is 9.10. The number of halogens is 1. The van der Waals surface area contributed by atoms with Crippen LogP contribution in [-0.4, -0.2) is 32.0 Å². The molecule has 0 bridgehead atoms. The SMILES string of the molecule is CCOC(=O)C1(C#N)CC1(F)COCc1ccc(OC)cc1. The van der Waals surface area contributed by atoms with E-state index in [4.69, 9.17) is 19.5 Å². The van der Waals surface area contributed by atoms with Crippen LogP contribution in [0.3, 0.4) is 0 Å². The van der Waals surface area contributed by atoms with Gasteiger partial charge in [0, 0.05) is 6.42 Å². The van der Waals surface area contributed by atoms with Crippen LogP contribution in [0.5, 0.6) is 5.75 Å². The van der Waals surface area contributed by atoms with Crippen molar-refractivity contribution in [2.24, 2.45) is 5.41 Å². The van der Waals surface area contributed by atoms with Crippen LogP contribution >= 0.6 is 0 Å². The molecule has 0 heterocycles. The predicted molar refractivity (Wildman–Crippen MR) is 75.8 cm³/mol. The van der Waals surface area contributed by atoms with Gasteiger partial charge in [0.1, 0.15) is 5.75 Å². The van der Waals surface area contributed by atoms with E-state index in [1.165, 1.54) is 0 Å². The first-order valence-corrected chi connectivity index (χ1v) is 6.99. The molecule has 5 nitrogen and oxygen atoms in total. The van der Waals surface area contributed by atoms with Crippen LogP contribution in [-0.2, 0) is 20.9 Å². The Balaban J connectivity index is 1.89. The third-order valence-electron chi connectivity index (χ3n) is 3.76. The maximum Gasteiger partial charge on any atom is 0.330 e. The summed E-state index contributed by atoms with van der Waals surface area (Å²) < 4.78 is 29.7. The van der Waals surface area contributed by atoms with Crippen molar-refractivity contribution in [1.82, 2.24) is 0 Å². The molecule has 1 aliphatic rings. The summed E-state index contributed by atoms with van der Waals surface area (Å²) in [7, 11) is 1.57. The molecule has 118 valence electrons. The summed E-state index contributed by atoms with van der Waals surface area (Å²) in [5.41, 5.74) is -2.84. The van der Waals surface area contributed by atoms with Gasteiger partial charge in [-0.2, -0.15) is 5.26 Å². The number of carbonyl (C=O) groups is 1. The molecule has 1 aromatic carbocycles. The first-order valence-electron chi connectivity index (χ1n) is 6.99. The molecule has 0 aromatic heterocycles. The highest BCUT2D eigenvalue weighted by Gasteiger charge is 2.76. The van der Waals surface area contributed by atoms with Crippen molar-refractivity contribution in [1.29, 1.82) is 5.26 Å². The highest BCUT2D eigenvalue weighted by molar-refractivity contribution is 5.86. The number of nitriles is 1. The molecule has 2 rings (SSSR count). The summed E-state index contributed by atoms with van der Waals surface area (Å²) in [6, 6.07) is 8.91. The normalized spacial score (nSPS) is 26.1. The van der Waals surface area contributed by atoms with E-state index in [2.05, 4.69) is 0 Å². The molecule has 0 aliphatic heterocycles. The first-order chi connectivity index (χ1) is 10.5. The van der Waals surface area contributed by atoms with E-state index < -0.39 is 17.1 Å². The van der Waals surface area contributed by atoms with E-state index in [1.54, 1.807) is 44.4 Å². The number of carbonyl (C=O) groups excluding carboxylic acids is 1. The lowest BCUT2D eigenvalue weighted by Crippen LogP contribution is -2.29. The molecule has 1 aliphatic carbocycles. The number of nitrogens with zero attached hydrogens (tertiary/aromatic N) is 1. The molecule has 2 unspecified atom stereocenters. The van der Waals surface area contributed by atoms with E-state index in [1.807, 2.05) is 0 Å². The lowest BCUT2D eigenvalue weighted by molar-refractivity contribution is -0.149. The fourth-order valence-electron chi connectivity index (χ4n) is 2.30. The van der Waals surface area contributed by atoms with Gasteiger partial charge in [-0.3, -0.25) is 4.79 Å². The Bertz CT molecular complexity index is 583. The second kappa shape index (κ2) is 6.32. The first kappa shape index (κ1) is 16.2. The number of hydrogen-bond donors (Lipinski definition) is 0. The van der Waals surface area contributed by atoms with Gasteiger partial charge in [-0.05, 0) is 24.6 Å². The van der Waals surface area contributed by atoms with Gasteiger partial charge < -0.3 is 14.2 Å². The molecule has 0 N–H and O–H groups in total. The highest BCUT2D eigenvalue weighted by Crippen LogP contribution is 2.59. The predicted octanol–water partition coefficient (Wildman–Crippen LogP) is 2.40. The molecule has 0 amide bonds. The molecule has 0 saturated heterocycles. The van der Waals surface area contributed by atoms with Gasteiger partial charge in [0.25, 0.3) is 0 Å². The average Bonchev–Trinajstić information content (AvgIpc) is 3.15. The van der Waals surface area contributed by atoms with Gasteiger partial charge in [0.15, 0.2) is 11.1 Å². The number of alkyl halides is 1. The van der Waals surface area contributed by atoms with Crippen LogP contribution in [0.15, 0.2) is 24.3 Å².